The lowest BCUT2D eigenvalue weighted by Gasteiger charge is -2.52. The second-order valence-electron chi connectivity index (χ2n) is 13.9. The predicted molar refractivity (Wildman–Crippen MR) is 156 cm³/mol. The van der Waals surface area contributed by atoms with Crippen LogP contribution in [0, 0.1) is 23.2 Å². The van der Waals surface area contributed by atoms with Crippen molar-refractivity contribution in [3.05, 3.63) is 29.3 Å². The van der Waals surface area contributed by atoms with Gasteiger partial charge in [-0.3, -0.25) is 4.79 Å². The summed E-state index contributed by atoms with van der Waals surface area (Å²) < 4.78 is 78.1. The maximum atomic E-state index is 15.5. The highest BCUT2D eigenvalue weighted by molar-refractivity contribution is 5.87. The number of carbonyl (C=O) groups is 1. The molecule has 0 aromatic heterocycles. The summed E-state index contributed by atoms with van der Waals surface area (Å²) in [7, 11) is 2.00. The third-order valence-electron chi connectivity index (χ3n) is 10.9. The second kappa shape index (κ2) is 14.1. The third kappa shape index (κ3) is 8.09. The molecule has 1 N–H and O–H groups in total. The number of halogens is 6. The van der Waals surface area contributed by atoms with E-state index in [0.29, 0.717) is 55.6 Å². The number of fused-ring (bicyclic) bond motifs is 5. The van der Waals surface area contributed by atoms with Crippen LogP contribution in [0.5, 0.6) is 5.75 Å². The Bertz CT molecular complexity index is 1080. The van der Waals surface area contributed by atoms with Gasteiger partial charge in [0.25, 0.3) is 0 Å². The Morgan fingerprint density at radius 1 is 1.00 bits per heavy atom. The van der Waals surface area contributed by atoms with E-state index in [0.717, 1.165) is 70.0 Å². The van der Waals surface area contributed by atoms with Gasteiger partial charge in [-0.05, 0) is 125 Å². The van der Waals surface area contributed by atoms with Gasteiger partial charge in [-0.25, -0.2) is 4.39 Å². The van der Waals surface area contributed by atoms with Crippen molar-refractivity contribution in [2.45, 2.75) is 127 Å². The summed E-state index contributed by atoms with van der Waals surface area (Å²) in [4.78, 5) is 15.0. The Labute approximate surface area is 252 Å². The molecule has 1 unspecified atom stereocenters. The van der Waals surface area contributed by atoms with Gasteiger partial charge in [0.15, 0.2) is 0 Å². The summed E-state index contributed by atoms with van der Waals surface area (Å²) in [5.74, 6) is -2.92. The summed E-state index contributed by atoms with van der Waals surface area (Å²) in [5, 5.41) is 10.1. The number of phenols is 1. The van der Waals surface area contributed by atoms with E-state index in [9.17, 15) is 31.9 Å². The van der Waals surface area contributed by atoms with E-state index >= 15 is 4.39 Å². The molecule has 0 spiro atoms. The monoisotopic (exact) mass is 617 g/mol. The average molecular weight is 618 g/mol. The molecule has 244 valence electrons. The number of alkyl halides is 6. The van der Waals surface area contributed by atoms with E-state index < -0.39 is 24.7 Å². The smallest absolute Gasteiger partial charge is 0.453 e. The number of carbonyl (C=O) groups excluding carboxylic acids is 1. The summed E-state index contributed by atoms with van der Waals surface area (Å²) >= 11 is 0. The van der Waals surface area contributed by atoms with Gasteiger partial charge in [-0.15, -0.1) is 0 Å². The van der Waals surface area contributed by atoms with Crippen molar-refractivity contribution in [3.63, 3.8) is 0 Å². The Morgan fingerprint density at radius 3 is 2.40 bits per heavy atom. The Balaban J connectivity index is 1.17. The van der Waals surface area contributed by atoms with Crippen LogP contribution in [0.3, 0.4) is 0 Å². The molecule has 0 saturated heterocycles. The molecule has 43 heavy (non-hydrogen) atoms. The van der Waals surface area contributed by atoms with Crippen LogP contribution in [-0.4, -0.2) is 54.2 Å². The molecule has 1 aromatic rings. The first-order valence-corrected chi connectivity index (χ1v) is 16.3. The second-order valence-corrected chi connectivity index (χ2v) is 13.9. The topological polar surface area (TPSA) is 40.5 Å². The highest BCUT2D eigenvalue weighted by Crippen LogP contribution is 2.61. The minimum absolute atomic E-state index is 0.133. The predicted octanol–water partition coefficient (Wildman–Crippen LogP) is 9.41. The minimum Gasteiger partial charge on any atom is -0.508 e. The number of unbranched alkanes of at least 4 members (excludes halogenated alkanes) is 5. The zero-order valence-corrected chi connectivity index (χ0v) is 25.7. The number of benzene rings is 1. The fourth-order valence-corrected chi connectivity index (χ4v) is 8.50. The van der Waals surface area contributed by atoms with Crippen LogP contribution in [0.25, 0.3) is 0 Å². The van der Waals surface area contributed by atoms with Gasteiger partial charge < -0.3 is 10.0 Å². The molecule has 0 amide bonds. The van der Waals surface area contributed by atoms with Gasteiger partial charge in [0.1, 0.15) is 17.7 Å². The van der Waals surface area contributed by atoms with Gasteiger partial charge in [0.2, 0.25) is 0 Å². The fraction of sp³-hybridized carbons (Fsp3) is 0.794. The van der Waals surface area contributed by atoms with E-state index in [1.807, 2.05) is 19.2 Å². The normalized spacial score (nSPS) is 28.1. The molecule has 1 aromatic carbocycles. The number of ketones is 1. The molecule has 3 nitrogen and oxygen atoms in total. The van der Waals surface area contributed by atoms with Gasteiger partial charge in [0, 0.05) is 18.3 Å². The van der Waals surface area contributed by atoms with Crippen LogP contribution >= 0.6 is 0 Å². The molecule has 0 heterocycles. The van der Waals surface area contributed by atoms with Crippen molar-refractivity contribution in [2.24, 2.45) is 23.2 Å². The standard InChI is InChI=1S/C34H49F6NO2/c1-32-17-15-28-27-12-11-26(42)22-23(27)20-24(31(28)29(32)13-14-30(32)43)21-25(35)10-9-19-41(2)18-8-6-4-3-5-7-16-33(36,37)34(38,39)40/h11-12,22,24-25,28-29,31,42H,3-10,13-21H2,1-2H3/t24-,25?,28+,29-,31+,32-/m0/s1. The molecule has 4 rings (SSSR count). The molecule has 3 aliphatic carbocycles. The largest absolute Gasteiger partial charge is 0.508 e. The van der Waals surface area contributed by atoms with Crippen molar-refractivity contribution in [1.29, 1.82) is 0 Å². The van der Waals surface area contributed by atoms with E-state index in [-0.39, 0.29) is 23.5 Å². The summed E-state index contributed by atoms with van der Waals surface area (Å²) in [6, 6.07) is 5.64. The van der Waals surface area contributed by atoms with Crippen LogP contribution < -0.4 is 0 Å². The lowest BCUT2D eigenvalue weighted by Crippen LogP contribution is -2.46. The first kappa shape index (κ1) is 34.1. The maximum absolute atomic E-state index is 15.5. The number of hydrogen-bond donors (Lipinski definition) is 1. The molecule has 6 atom stereocenters. The van der Waals surface area contributed by atoms with Crippen LogP contribution in [-0.2, 0) is 11.2 Å². The number of nitrogens with zero attached hydrogens (tertiary/aromatic N) is 1. The number of hydrogen-bond acceptors (Lipinski definition) is 3. The van der Waals surface area contributed by atoms with Gasteiger partial charge in [-0.1, -0.05) is 38.7 Å². The lowest BCUT2D eigenvalue weighted by molar-refractivity contribution is -0.284. The van der Waals surface area contributed by atoms with Crippen molar-refractivity contribution < 1.29 is 36.2 Å². The molecule has 9 heteroatoms. The van der Waals surface area contributed by atoms with E-state index in [1.165, 1.54) is 5.56 Å². The Morgan fingerprint density at radius 2 is 1.67 bits per heavy atom. The summed E-state index contributed by atoms with van der Waals surface area (Å²) in [6.07, 6.45) is 1.73. The van der Waals surface area contributed by atoms with Crippen LogP contribution in [0.1, 0.15) is 114 Å². The van der Waals surface area contributed by atoms with Crippen molar-refractivity contribution in [2.75, 3.05) is 20.1 Å². The molecular formula is C34H49F6NO2. The number of phenolic OH excluding ortho intramolecular Hbond substituents is 1. The van der Waals surface area contributed by atoms with Crippen LogP contribution in [0.4, 0.5) is 26.3 Å². The molecule has 3 aliphatic rings. The third-order valence-corrected chi connectivity index (χ3v) is 10.9. The average Bonchev–Trinajstić information content (AvgIpc) is 3.23. The first-order valence-electron chi connectivity index (χ1n) is 16.3. The highest BCUT2D eigenvalue weighted by Gasteiger charge is 2.57. The quantitative estimate of drug-likeness (QED) is 0.157. The minimum atomic E-state index is -5.47. The number of Topliss-reactive ketones (excluding diaryl/α,β-unsaturated/α-hetero) is 1. The van der Waals surface area contributed by atoms with E-state index in [4.69, 9.17) is 0 Å². The first-order chi connectivity index (χ1) is 20.2. The van der Waals surface area contributed by atoms with Crippen LogP contribution in [0.2, 0.25) is 0 Å². The lowest BCUT2D eigenvalue weighted by atomic mass is 9.52. The summed E-state index contributed by atoms with van der Waals surface area (Å²) in [5.41, 5.74) is 2.12. The number of rotatable bonds is 15. The molecule has 0 aliphatic heterocycles. The van der Waals surface area contributed by atoms with Gasteiger partial charge >= 0.3 is 12.1 Å². The molecular weight excluding hydrogens is 568 g/mol. The molecule has 0 radical (unpaired) electrons. The molecule has 2 fully saturated rings. The molecule has 2 saturated carbocycles. The van der Waals surface area contributed by atoms with Gasteiger partial charge in [0.05, 0.1) is 0 Å². The van der Waals surface area contributed by atoms with Gasteiger partial charge in [-0.2, -0.15) is 22.0 Å². The highest BCUT2D eigenvalue weighted by atomic mass is 19.4. The summed E-state index contributed by atoms with van der Waals surface area (Å²) in [6.45, 7) is 3.74. The van der Waals surface area contributed by atoms with Crippen molar-refractivity contribution in [1.82, 2.24) is 4.90 Å². The zero-order valence-electron chi connectivity index (χ0n) is 25.7. The van der Waals surface area contributed by atoms with E-state index in [1.54, 1.807) is 6.07 Å². The SMILES string of the molecule is CN(CCCCCCCCC(F)(F)C(F)(F)F)CCCC(F)C[C@@H]1Cc2cc(O)ccc2[C@H]2CC[C@]3(C)C(=O)CC[C@H]3[C@H]12. The maximum Gasteiger partial charge on any atom is 0.453 e. The van der Waals surface area contributed by atoms with Crippen LogP contribution in [0.15, 0.2) is 18.2 Å². The molecule has 0 bridgehead atoms. The Kier molecular flexibility index (Phi) is 11.2. The van der Waals surface area contributed by atoms with E-state index in [2.05, 4.69) is 11.8 Å². The van der Waals surface area contributed by atoms with Crippen molar-refractivity contribution >= 4 is 5.78 Å². The Hall–Kier alpha value is -1.77. The zero-order chi connectivity index (χ0) is 31.4. The van der Waals surface area contributed by atoms with Crippen molar-refractivity contribution in [3.8, 4) is 5.75 Å². The fourth-order valence-electron chi connectivity index (χ4n) is 8.50. The number of aromatic hydroxyl groups is 1.